The summed E-state index contributed by atoms with van der Waals surface area (Å²) in [5.74, 6) is 0.823. The first-order valence-corrected chi connectivity index (χ1v) is 6.60. The van der Waals surface area contributed by atoms with Crippen LogP contribution in [0.1, 0.15) is 31.1 Å². The van der Waals surface area contributed by atoms with Crippen molar-refractivity contribution in [2.24, 2.45) is 0 Å². The van der Waals surface area contributed by atoms with Crippen molar-refractivity contribution < 1.29 is 5.11 Å². The average Bonchev–Trinajstić information content (AvgIpc) is 2.42. The van der Waals surface area contributed by atoms with Crippen molar-refractivity contribution in [2.75, 3.05) is 11.4 Å². The molecule has 1 aromatic carbocycles. The Morgan fingerprint density at radius 2 is 1.89 bits per heavy atom. The van der Waals surface area contributed by atoms with E-state index in [1.54, 1.807) is 13.1 Å². The lowest BCUT2D eigenvalue weighted by molar-refractivity contribution is 0.199. The lowest BCUT2D eigenvalue weighted by Gasteiger charge is -2.25. The summed E-state index contributed by atoms with van der Waals surface area (Å²) >= 11 is 0. The van der Waals surface area contributed by atoms with E-state index in [0.29, 0.717) is 0 Å². The van der Waals surface area contributed by atoms with Crippen molar-refractivity contribution in [1.29, 1.82) is 0 Å². The summed E-state index contributed by atoms with van der Waals surface area (Å²) in [6, 6.07) is 12.1. The number of hydrogen-bond acceptors (Lipinski definition) is 3. The molecule has 2 aromatic rings. The van der Waals surface area contributed by atoms with Crippen LogP contribution in [0.3, 0.4) is 0 Å². The van der Waals surface area contributed by atoms with Crippen LogP contribution in [0.15, 0.2) is 42.6 Å². The Morgan fingerprint density at radius 1 is 1.21 bits per heavy atom. The molecule has 0 saturated heterocycles. The second-order valence-corrected chi connectivity index (χ2v) is 4.67. The summed E-state index contributed by atoms with van der Waals surface area (Å²) in [4.78, 5) is 6.55. The van der Waals surface area contributed by atoms with Crippen molar-refractivity contribution >= 4 is 11.5 Å². The first-order chi connectivity index (χ1) is 9.13. The highest BCUT2D eigenvalue weighted by molar-refractivity contribution is 5.63. The summed E-state index contributed by atoms with van der Waals surface area (Å²) in [7, 11) is 0. The van der Waals surface area contributed by atoms with Gasteiger partial charge in [-0.1, -0.05) is 23.8 Å². The smallest absolute Gasteiger partial charge is 0.138 e. The summed E-state index contributed by atoms with van der Waals surface area (Å²) < 4.78 is 0. The van der Waals surface area contributed by atoms with Crippen LogP contribution in [0.5, 0.6) is 0 Å². The van der Waals surface area contributed by atoms with Gasteiger partial charge in [0.15, 0.2) is 0 Å². The molecule has 0 fully saturated rings. The Bertz CT molecular complexity index is 535. The van der Waals surface area contributed by atoms with E-state index in [4.69, 9.17) is 0 Å². The van der Waals surface area contributed by atoms with Crippen molar-refractivity contribution in [3.63, 3.8) is 0 Å². The third kappa shape index (κ3) is 2.93. The fourth-order valence-electron chi connectivity index (χ4n) is 2.14. The highest BCUT2D eigenvalue weighted by atomic mass is 16.3. The highest BCUT2D eigenvalue weighted by Gasteiger charge is 2.15. The minimum absolute atomic E-state index is 0.525. The zero-order valence-electron chi connectivity index (χ0n) is 11.7. The molecule has 1 aromatic heterocycles. The number of aromatic nitrogens is 1. The van der Waals surface area contributed by atoms with E-state index >= 15 is 0 Å². The lowest BCUT2D eigenvalue weighted by atomic mass is 10.1. The van der Waals surface area contributed by atoms with Crippen molar-refractivity contribution in [3.8, 4) is 0 Å². The Morgan fingerprint density at radius 3 is 2.47 bits per heavy atom. The molecule has 0 amide bonds. The van der Waals surface area contributed by atoms with Crippen molar-refractivity contribution in [3.05, 3.63) is 53.7 Å². The Kier molecular flexibility index (Phi) is 4.17. The van der Waals surface area contributed by atoms with Gasteiger partial charge in [-0.05, 0) is 39.0 Å². The number of aliphatic hydroxyl groups is 1. The molecule has 0 aliphatic rings. The van der Waals surface area contributed by atoms with Gasteiger partial charge in [0.2, 0.25) is 0 Å². The zero-order chi connectivity index (χ0) is 13.8. The minimum atomic E-state index is -0.525. The minimum Gasteiger partial charge on any atom is -0.389 e. The standard InChI is InChI=1S/C16H20N2O/c1-4-18(14-9-7-12(2)8-10-14)16-15(13(3)19)6-5-11-17-16/h5-11,13,19H,4H2,1-3H3/t13-/m1/s1. The van der Waals surface area contributed by atoms with Gasteiger partial charge in [0.1, 0.15) is 5.82 Å². The second kappa shape index (κ2) is 5.85. The normalized spacial score (nSPS) is 12.2. The molecule has 0 bridgehead atoms. The molecule has 1 heterocycles. The number of rotatable bonds is 4. The van der Waals surface area contributed by atoms with Crippen LogP contribution in [0, 0.1) is 6.92 Å². The number of hydrogen-bond donors (Lipinski definition) is 1. The lowest BCUT2D eigenvalue weighted by Crippen LogP contribution is -2.19. The van der Waals surface area contributed by atoms with Gasteiger partial charge in [0.25, 0.3) is 0 Å². The fourth-order valence-corrected chi connectivity index (χ4v) is 2.14. The number of benzene rings is 1. The molecule has 100 valence electrons. The Labute approximate surface area is 114 Å². The molecule has 0 spiro atoms. The quantitative estimate of drug-likeness (QED) is 0.908. The molecule has 0 saturated carbocycles. The van der Waals surface area contributed by atoms with Gasteiger partial charge in [-0.15, -0.1) is 0 Å². The molecule has 19 heavy (non-hydrogen) atoms. The molecule has 3 heteroatoms. The summed E-state index contributed by atoms with van der Waals surface area (Å²) in [5.41, 5.74) is 3.18. The van der Waals surface area contributed by atoms with Crippen LogP contribution in [0.25, 0.3) is 0 Å². The summed E-state index contributed by atoms with van der Waals surface area (Å²) in [5, 5.41) is 9.87. The monoisotopic (exact) mass is 256 g/mol. The van der Waals surface area contributed by atoms with Gasteiger partial charge in [0.05, 0.1) is 6.10 Å². The van der Waals surface area contributed by atoms with E-state index in [1.165, 1.54) is 5.56 Å². The molecular weight excluding hydrogens is 236 g/mol. The number of aryl methyl sites for hydroxylation is 1. The van der Waals surface area contributed by atoms with Gasteiger partial charge in [-0.25, -0.2) is 4.98 Å². The van der Waals surface area contributed by atoms with E-state index in [2.05, 4.69) is 48.0 Å². The van der Waals surface area contributed by atoms with Crippen LogP contribution in [0.2, 0.25) is 0 Å². The highest BCUT2D eigenvalue weighted by Crippen LogP contribution is 2.29. The molecule has 3 nitrogen and oxygen atoms in total. The van der Waals surface area contributed by atoms with Crippen LogP contribution >= 0.6 is 0 Å². The first kappa shape index (κ1) is 13.6. The Hall–Kier alpha value is -1.87. The van der Waals surface area contributed by atoms with Crippen LogP contribution in [-0.4, -0.2) is 16.6 Å². The molecular formula is C16H20N2O. The van der Waals surface area contributed by atoms with E-state index in [0.717, 1.165) is 23.6 Å². The molecule has 2 rings (SSSR count). The third-order valence-electron chi connectivity index (χ3n) is 3.18. The third-order valence-corrected chi connectivity index (χ3v) is 3.18. The molecule has 0 aliphatic carbocycles. The van der Waals surface area contributed by atoms with Gasteiger partial charge < -0.3 is 10.0 Å². The van der Waals surface area contributed by atoms with E-state index in [-0.39, 0.29) is 0 Å². The molecule has 1 atom stereocenters. The maximum Gasteiger partial charge on any atom is 0.138 e. The second-order valence-electron chi connectivity index (χ2n) is 4.67. The topological polar surface area (TPSA) is 36.4 Å². The molecule has 0 radical (unpaired) electrons. The zero-order valence-corrected chi connectivity index (χ0v) is 11.7. The van der Waals surface area contributed by atoms with Gasteiger partial charge in [-0.3, -0.25) is 0 Å². The summed E-state index contributed by atoms with van der Waals surface area (Å²) in [6.45, 7) is 6.73. The number of pyridine rings is 1. The first-order valence-electron chi connectivity index (χ1n) is 6.60. The van der Waals surface area contributed by atoms with Crippen LogP contribution in [0.4, 0.5) is 11.5 Å². The Balaban J connectivity index is 2.45. The number of anilines is 2. The predicted molar refractivity (Wildman–Crippen MR) is 78.7 cm³/mol. The maximum absolute atomic E-state index is 9.87. The number of nitrogens with zero attached hydrogens (tertiary/aromatic N) is 2. The maximum atomic E-state index is 9.87. The van der Waals surface area contributed by atoms with Crippen molar-refractivity contribution in [2.45, 2.75) is 26.9 Å². The molecule has 0 aliphatic heterocycles. The van der Waals surface area contributed by atoms with E-state index < -0.39 is 6.10 Å². The van der Waals surface area contributed by atoms with Gasteiger partial charge in [-0.2, -0.15) is 0 Å². The van der Waals surface area contributed by atoms with E-state index in [1.807, 2.05) is 12.1 Å². The van der Waals surface area contributed by atoms with E-state index in [9.17, 15) is 5.11 Å². The predicted octanol–water partition coefficient (Wildman–Crippen LogP) is 3.60. The molecule has 1 N–H and O–H groups in total. The summed E-state index contributed by atoms with van der Waals surface area (Å²) in [6.07, 6.45) is 1.24. The van der Waals surface area contributed by atoms with Crippen LogP contribution < -0.4 is 4.90 Å². The largest absolute Gasteiger partial charge is 0.389 e. The SMILES string of the molecule is CCN(c1ccc(C)cc1)c1ncccc1[C@@H](C)O. The molecule has 0 unspecified atom stereocenters. The fraction of sp³-hybridized carbons (Fsp3) is 0.312. The van der Waals surface area contributed by atoms with Gasteiger partial charge in [0, 0.05) is 24.0 Å². The van der Waals surface area contributed by atoms with Crippen LogP contribution in [-0.2, 0) is 0 Å². The van der Waals surface area contributed by atoms with Crippen molar-refractivity contribution in [1.82, 2.24) is 4.98 Å². The number of aliphatic hydroxyl groups excluding tert-OH is 1. The van der Waals surface area contributed by atoms with Gasteiger partial charge >= 0.3 is 0 Å². The average molecular weight is 256 g/mol.